The standard InChI is InChI=1S/C18H23F3N2/c1-2-14-12-23-8-7-15(14)9-17(23)11-22-10-13-3-5-16(6-4-13)18(19,20)21/h2-6,14-15,17,22H,1,7-12H2. The Morgan fingerprint density at radius 3 is 2.57 bits per heavy atom. The van der Waals surface area contributed by atoms with E-state index in [2.05, 4.69) is 22.9 Å². The van der Waals surface area contributed by atoms with Crippen LogP contribution in [-0.4, -0.2) is 30.6 Å². The van der Waals surface area contributed by atoms with E-state index in [9.17, 15) is 13.2 Å². The molecule has 2 nitrogen and oxygen atoms in total. The molecule has 0 spiro atoms. The Labute approximate surface area is 135 Å². The zero-order valence-corrected chi connectivity index (χ0v) is 13.1. The van der Waals surface area contributed by atoms with Crippen LogP contribution >= 0.6 is 0 Å². The van der Waals surface area contributed by atoms with E-state index in [-0.39, 0.29) is 0 Å². The van der Waals surface area contributed by atoms with Gasteiger partial charge in [0.05, 0.1) is 5.56 Å². The summed E-state index contributed by atoms with van der Waals surface area (Å²) >= 11 is 0. The Balaban J connectivity index is 1.48. The first-order valence-corrected chi connectivity index (χ1v) is 8.21. The van der Waals surface area contributed by atoms with Crippen LogP contribution in [0.4, 0.5) is 13.2 Å². The van der Waals surface area contributed by atoms with E-state index in [1.165, 1.54) is 12.8 Å². The summed E-state index contributed by atoms with van der Waals surface area (Å²) in [6.45, 7) is 7.68. The average molecular weight is 324 g/mol. The van der Waals surface area contributed by atoms with Gasteiger partial charge in [-0.3, -0.25) is 4.90 Å². The topological polar surface area (TPSA) is 15.3 Å². The summed E-state index contributed by atoms with van der Waals surface area (Å²) in [7, 11) is 0. The molecule has 1 aromatic carbocycles. The second-order valence-electron chi connectivity index (χ2n) is 6.66. The van der Waals surface area contributed by atoms with Gasteiger partial charge in [0.15, 0.2) is 0 Å². The minimum Gasteiger partial charge on any atom is -0.311 e. The summed E-state index contributed by atoms with van der Waals surface area (Å²) in [6.07, 6.45) is 0.272. The maximum atomic E-state index is 12.5. The number of alkyl halides is 3. The second-order valence-corrected chi connectivity index (χ2v) is 6.66. The molecule has 3 aliphatic rings. The van der Waals surface area contributed by atoms with Gasteiger partial charge in [-0.05, 0) is 48.9 Å². The fourth-order valence-corrected chi connectivity index (χ4v) is 3.85. The van der Waals surface area contributed by atoms with Crippen molar-refractivity contribution in [3.8, 4) is 0 Å². The molecule has 3 aliphatic heterocycles. The lowest BCUT2D eigenvalue weighted by molar-refractivity contribution is -0.137. The highest BCUT2D eigenvalue weighted by atomic mass is 19.4. The third-order valence-corrected chi connectivity index (χ3v) is 5.22. The molecule has 0 aromatic heterocycles. The number of piperidine rings is 3. The van der Waals surface area contributed by atoms with Crippen molar-refractivity contribution in [2.75, 3.05) is 19.6 Å². The van der Waals surface area contributed by atoms with Gasteiger partial charge in [0.1, 0.15) is 0 Å². The molecule has 23 heavy (non-hydrogen) atoms. The number of hydrogen-bond acceptors (Lipinski definition) is 2. The quantitative estimate of drug-likeness (QED) is 0.831. The average Bonchev–Trinajstić information content (AvgIpc) is 2.55. The van der Waals surface area contributed by atoms with Gasteiger partial charge >= 0.3 is 6.18 Å². The first-order chi connectivity index (χ1) is 11.0. The highest BCUT2D eigenvalue weighted by Crippen LogP contribution is 2.36. The van der Waals surface area contributed by atoms with Crippen LogP contribution in [0, 0.1) is 11.8 Å². The minimum atomic E-state index is -4.26. The van der Waals surface area contributed by atoms with Crippen molar-refractivity contribution in [1.29, 1.82) is 0 Å². The summed E-state index contributed by atoms with van der Waals surface area (Å²) < 4.78 is 37.6. The molecule has 5 heteroatoms. The van der Waals surface area contributed by atoms with Crippen molar-refractivity contribution in [2.45, 2.75) is 31.6 Å². The molecule has 0 aliphatic carbocycles. The Morgan fingerprint density at radius 2 is 2.00 bits per heavy atom. The first kappa shape index (κ1) is 16.5. The number of rotatable bonds is 5. The van der Waals surface area contributed by atoms with Gasteiger partial charge < -0.3 is 5.32 Å². The molecule has 3 fully saturated rings. The van der Waals surface area contributed by atoms with Gasteiger partial charge in [-0.15, -0.1) is 6.58 Å². The van der Waals surface area contributed by atoms with Gasteiger partial charge in [0.2, 0.25) is 0 Å². The number of benzene rings is 1. The molecular weight excluding hydrogens is 301 g/mol. The van der Waals surface area contributed by atoms with Crippen LogP contribution in [0.1, 0.15) is 24.0 Å². The Morgan fingerprint density at radius 1 is 1.26 bits per heavy atom. The summed E-state index contributed by atoms with van der Waals surface area (Å²) in [4.78, 5) is 2.52. The molecule has 3 saturated heterocycles. The summed E-state index contributed by atoms with van der Waals surface area (Å²) in [6, 6.07) is 5.95. The lowest BCUT2D eigenvalue weighted by Gasteiger charge is -2.49. The van der Waals surface area contributed by atoms with Crippen molar-refractivity contribution in [2.24, 2.45) is 11.8 Å². The molecule has 1 N–H and O–H groups in total. The van der Waals surface area contributed by atoms with Gasteiger partial charge in [0.25, 0.3) is 0 Å². The zero-order valence-electron chi connectivity index (χ0n) is 13.1. The van der Waals surface area contributed by atoms with Crippen LogP contribution in [0.5, 0.6) is 0 Å². The van der Waals surface area contributed by atoms with Crippen LogP contribution in [0.15, 0.2) is 36.9 Å². The van der Waals surface area contributed by atoms with Gasteiger partial charge in [-0.25, -0.2) is 0 Å². The largest absolute Gasteiger partial charge is 0.416 e. The first-order valence-electron chi connectivity index (χ1n) is 8.21. The second kappa shape index (κ2) is 6.65. The molecule has 0 amide bonds. The highest BCUT2D eigenvalue weighted by Gasteiger charge is 2.38. The smallest absolute Gasteiger partial charge is 0.311 e. The van der Waals surface area contributed by atoms with E-state index in [0.717, 1.165) is 43.2 Å². The van der Waals surface area contributed by atoms with Gasteiger partial charge in [-0.1, -0.05) is 18.2 Å². The predicted octanol–water partition coefficient (Wildman–Crippen LogP) is 3.69. The van der Waals surface area contributed by atoms with Crippen LogP contribution in [0.25, 0.3) is 0 Å². The molecule has 0 saturated carbocycles. The molecule has 126 valence electrons. The Bertz CT molecular complexity index is 538. The van der Waals surface area contributed by atoms with Crippen molar-refractivity contribution in [1.82, 2.24) is 10.2 Å². The molecule has 1 aromatic rings. The molecule has 4 atom stereocenters. The van der Waals surface area contributed by atoms with Crippen LogP contribution in [-0.2, 0) is 12.7 Å². The lowest BCUT2D eigenvalue weighted by atomic mass is 9.75. The molecule has 4 unspecified atom stereocenters. The van der Waals surface area contributed by atoms with E-state index in [0.29, 0.717) is 18.5 Å². The van der Waals surface area contributed by atoms with E-state index in [1.54, 1.807) is 12.1 Å². The number of nitrogens with zero attached hydrogens (tertiary/aromatic N) is 1. The van der Waals surface area contributed by atoms with E-state index in [4.69, 9.17) is 0 Å². The molecule has 2 bridgehead atoms. The lowest BCUT2D eigenvalue weighted by Crippen LogP contribution is -2.55. The molecule has 3 heterocycles. The van der Waals surface area contributed by atoms with E-state index >= 15 is 0 Å². The number of nitrogens with one attached hydrogen (secondary N) is 1. The highest BCUT2D eigenvalue weighted by molar-refractivity contribution is 5.24. The minimum absolute atomic E-state index is 0.541. The van der Waals surface area contributed by atoms with Crippen molar-refractivity contribution in [3.63, 3.8) is 0 Å². The van der Waals surface area contributed by atoms with Gasteiger partial charge in [-0.2, -0.15) is 13.2 Å². The Hall–Kier alpha value is -1.33. The van der Waals surface area contributed by atoms with E-state index in [1.807, 2.05) is 0 Å². The zero-order chi connectivity index (χ0) is 16.4. The third-order valence-electron chi connectivity index (χ3n) is 5.22. The fraction of sp³-hybridized carbons (Fsp3) is 0.556. The monoisotopic (exact) mass is 324 g/mol. The van der Waals surface area contributed by atoms with Crippen LogP contribution in [0.3, 0.4) is 0 Å². The Kier molecular flexibility index (Phi) is 4.78. The van der Waals surface area contributed by atoms with Gasteiger partial charge in [0, 0.05) is 25.7 Å². The number of hydrogen-bond donors (Lipinski definition) is 1. The summed E-state index contributed by atoms with van der Waals surface area (Å²) in [5.74, 6) is 1.37. The van der Waals surface area contributed by atoms with Crippen molar-refractivity contribution in [3.05, 3.63) is 48.0 Å². The molecular formula is C18H23F3N2. The third kappa shape index (κ3) is 3.78. The number of halogens is 3. The summed E-state index contributed by atoms with van der Waals surface area (Å²) in [5, 5.41) is 3.40. The SMILES string of the molecule is C=CC1CN2CCC1CC2CNCc1ccc(C(F)(F)F)cc1. The summed E-state index contributed by atoms with van der Waals surface area (Å²) in [5.41, 5.74) is 0.297. The van der Waals surface area contributed by atoms with E-state index < -0.39 is 11.7 Å². The maximum Gasteiger partial charge on any atom is 0.416 e. The maximum absolute atomic E-state index is 12.5. The normalized spacial score (nSPS) is 30.4. The van der Waals surface area contributed by atoms with Crippen molar-refractivity contribution >= 4 is 0 Å². The van der Waals surface area contributed by atoms with Crippen LogP contribution < -0.4 is 5.32 Å². The van der Waals surface area contributed by atoms with Crippen molar-refractivity contribution < 1.29 is 13.2 Å². The molecule has 0 radical (unpaired) electrons. The van der Waals surface area contributed by atoms with Crippen LogP contribution in [0.2, 0.25) is 0 Å². The predicted molar refractivity (Wildman–Crippen MR) is 84.9 cm³/mol. The fourth-order valence-electron chi connectivity index (χ4n) is 3.85. The number of fused-ring (bicyclic) bond motifs is 3. The molecule has 4 rings (SSSR count).